The zero-order chi connectivity index (χ0) is 6.69. The highest BCUT2D eigenvalue weighted by Gasteiger charge is 1.88. The van der Waals surface area contributed by atoms with Crippen LogP contribution in [0.25, 0.3) is 0 Å². The molecule has 0 bridgehead atoms. The van der Waals surface area contributed by atoms with Crippen LogP contribution in [0.1, 0.15) is 5.69 Å². The minimum absolute atomic E-state index is 0.565. The van der Waals surface area contributed by atoms with Crippen LogP contribution in [0, 0.1) is 14.0 Å². The van der Waals surface area contributed by atoms with Crippen molar-refractivity contribution in [3.8, 4) is 5.88 Å². The molecule has 0 fully saturated rings. The van der Waals surface area contributed by atoms with Crippen LogP contribution in [0.4, 0.5) is 0 Å². The molecule has 0 amide bonds. The number of aryl methyl sites for hydroxylation is 1. The summed E-state index contributed by atoms with van der Waals surface area (Å²) in [7, 11) is 3.23. The van der Waals surface area contributed by atoms with E-state index in [0.717, 1.165) is 5.69 Å². The standard InChI is InChI=1S/C7H8NO/c1-6-4-3-5-7(8-6)9-2/h3-5H,2H2,1H3. The Morgan fingerprint density at radius 2 is 2.33 bits per heavy atom. The Balaban J connectivity index is 2.94. The van der Waals surface area contributed by atoms with Crippen LogP contribution in [-0.2, 0) is 0 Å². The summed E-state index contributed by atoms with van der Waals surface area (Å²) in [5.41, 5.74) is 0.941. The Labute approximate surface area is 54.5 Å². The van der Waals surface area contributed by atoms with Gasteiger partial charge in [-0.15, -0.1) is 0 Å². The number of rotatable bonds is 1. The third kappa shape index (κ3) is 1.42. The zero-order valence-electron chi connectivity index (χ0n) is 5.29. The highest BCUT2D eigenvalue weighted by molar-refractivity contribution is 5.14. The number of hydrogen-bond acceptors (Lipinski definition) is 2. The molecule has 9 heavy (non-hydrogen) atoms. The molecule has 0 saturated carbocycles. The van der Waals surface area contributed by atoms with Gasteiger partial charge in [-0.1, -0.05) is 6.07 Å². The maximum Gasteiger partial charge on any atom is 0.213 e. The molecule has 0 spiro atoms. The first kappa shape index (κ1) is 6.08. The van der Waals surface area contributed by atoms with Crippen LogP contribution in [0.3, 0.4) is 0 Å². The Morgan fingerprint density at radius 3 is 2.78 bits per heavy atom. The van der Waals surface area contributed by atoms with Gasteiger partial charge in [-0.05, 0) is 13.0 Å². The highest BCUT2D eigenvalue weighted by Crippen LogP contribution is 2.04. The fourth-order valence-electron chi connectivity index (χ4n) is 0.598. The van der Waals surface area contributed by atoms with Gasteiger partial charge in [-0.3, -0.25) is 0 Å². The molecule has 1 aromatic rings. The molecule has 0 aromatic carbocycles. The van der Waals surface area contributed by atoms with Gasteiger partial charge in [0.15, 0.2) is 0 Å². The molecule has 0 saturated heterocycles. The monoisotopic (exact) mass is 122 g/mol. The maximum atomic E-state index is 4.63. The van der Waals surface area contributed by atoms with Gasteiger partial charge in [0.2, 0.25) is 5.88 Å². The summed E-state index contributed by atoms with van der Waals surface area (Å²) >= 11 is 0. The molecule has 47 valence electrons. The quantitative estimate of drug-likeness (QED) is 0.564. The summed E-state index contributed by atoms with van der Waals surface area (Å²) in [5, 5.41) is 0. The van der Waals surface area contributed by atoms with E-state index in [1.54, 1.807) is 6.07 Å². The van der Waals surface area contributed by atoms with E-state index >= 15 is 0 Å². The fraction of sp³-hybridized carbons (Fsp3) is 0.143. The van der Waals surface area contributed by atoms with Crippen LogP contribution in [0.5, 0.6) is 5.88 Å². The zero-order valence-corrected chi connectivity index (χ0v) is 5.29. The van der Waals surface area contributed by atoms with Crippen molar-refractivity contribution >= 4 is 0 Å². The van der Waals surface area contributed by atoms with Gasteiger partial charge in [-0.25, -0.2) is 4.98 Å². The lowest BCUT2D eigenvalue weighted by Crippen LogP contribution is -1.85. The van der Waals surface area contributed by atoms with Crippen LogP contribution in [-0.4, -0.2) is 4.98 Å². The van der Waals surface area contributed by atoms with Gasteiger partial charge >= 0.3 is 0 Å². The van der Waals surface area contributed by atoms with Crippen molar-refractivity contribution in [1.82, 2.24) is 4.98 Å². The van der Waals surface area contributed by atoms with E-state index in [1.165, 1.54) is 0 Å². The Hall–Kier alpha value is -1.05. The van der Waals surface area contributed by atoms with Crippen molar-refractivity contribution in [1.29, 1.82) is 0 Å². The number of nitrogens with zero attached hydrogens (tertiary/aromatic N) is 1. The molecule has 0 N–H and O–H groups in total. The molecule has 0 aliphatic rings. The predicted octanol–water partition coefficient (Wildman–Crippen LogP) is 1.56. The third-order valence-electron chi connectivity index (χ3n) is 1.01. The van der Waals surface area contributed by atoms with E-state index in [-0.39, 0.29) is 0 Å². The second-order valence-electron chi connectivity index (χ2n) is 1.76. The maximum absolute atomic E-state index is 4.63. The summed E-state index contributed by atoms with van der Waals surface area (Å²) < 4.78 is 4.63. The summed E-state index contributed by atoms with van der Waals surface area (Å²) in [6.45, 7) is 1.91. The summed E-state index contributed by atoms with van der Waals surface area (Å²) in [4.78, 5) is 4.01. The minimum atomic E-state index is 0.565. The van der Waals surface area contributed by atoms with Gasteiger partial charge in [-0.2, -0.15) is 0 Å². The predicted molar refractivity (Wildman–Crippen MR) is 35.0 cm³/mol. The largest absolute Gasteiger partial charge is 0.474 e. The second-order valence-corrected chi connectivity index (χ2v) is 1.76. The molecule has 1 aromatic heterocycles. The van der Waals surface area contributed by atoms with Crippen LogP contribution < -0.4 is 4.74 Å². The molecule has 0 aliphatic heterocycles. The topological polar surface area (TPSA) is 22.1 Å². The molecule has 0 aliphatic carbocycles. The SMILES string of the molecule is [CH2]Oc1cccc(C)n1. The average molecular weight is 122 g/mol. The summed E-state index contributed by atoms with van der Waals surface area (Å²) in [5.74, 6) is 0.565. The van der Waals surface area contributed by atoms with Gasteiger partial charge in [0.1, 0.15) is 7.11 Å². The molecule has 1 heterocycles. The van der Waals surface area contributed by atoms with E-state index in [4.69, 9.17) is 0 Å². The lowest BCUT2D eigenvalue weighted by atomic mass is 10.4. The fourth-order valence-corrected chi connectivity index (χ4v) is 0.598. The average Bonchev–Trinajstić information content (AvgIpc) is 1.88. The van der Waals surface area contributed by atoms with Crippen LogP contribution in [0.15, 0.2) is 18.2 Å². The Bertz CT molecular complexity index is 198. The van der Waals surface area contributed by atoms with E-state index in [0.29, 0.717) is 5.88 Å². The molecule has 2 nitrogen and oxygen atoms in total. The molecular weight excluding hydrogens is 114 g/mol. The van der Waals surface area contributed by atoms with Crippen molar-refractivity contribution in [2.75, 3.05) is 0 Å². The van der Waals surface area contributed by atoms with Gasteiger partial charge in [0, 0.05) is 11.8 Å². The first-order valence-electron chi connectivity index (χ1n) is 2.68. The third-order valence-corrected chi connectivity index (χ3v) is 1.01. The molecule has 0 atom stereocenters. The van der Waals surface area contributed by atoms with Crippen LogP contribution in [0.2, 0.25) is 0 Å². The Kier molecular flexibility index (Phi) is 1.68. The first-order valence-corrected chi connectivity index (χ1v) is 2.68. The van der Waals surface area contributed by atoms with Crippen LogP contribution >= 0.6 is 0 Å². The first-order chi connectivity index (χ1) is 4.33. The molecule has 1 rings (SSSR count). The number of hydrogen-bond donors (Lipinski definition) is 0. The van der Waals surface area contributed by atoms with Gasteiger partial charge < -0.3 is 4.74 Å². The van der Waals surface area contributed by atoms with Crippen molar-refractivity contribution in [3.63, 3.8) is 0 Å². The van der Waals surface area contributed by atoms with Gasteiger partial charge in [0.25, 0.3) is 0 Å². The minimum Gasteiger partial charge on any atom is -0.474 e. The molecular formula is C7H8NO. The van der Waals surface area contributed by atoms with Crippen molar-refractivity contribution in [2.45, 2.75) is 6.92 Å². The number of ether oxygens (including phenoxy) is 1. The summed E-state index contributed by atoms with van der Waals surface area (Å²) in [6, 6.07) is 5.55. The second kappa shape index (κ2) is 2.49. The van der Waals surface area contributed by atoms with E-state index in [9.17, 15) is 0 Å². The highest BCUT2D eigenvalue weighted by atomic mass is 16.5. The lowest BCUT2D eigenvalue weighted by Gasteiger charge is -1.96. The molecule has 1 radical (unpaired) electrons. The van der Waals surface area contributed by atoms with Crippen molar-refractivity contribution < 1.29 is 4.74 Å². The van der Waals surface area contributed by atoms with Gasteiger partial charge in [0.05, 0.1) is 0 Å². The molecule has 0 unspecified atom stereocenters. The number of aromatic nitrogens is 1. The normalized spacial score (nSPS) is 9.11. The molecule has 2 heteroatoms. The number of pyridine rings is 1. The van der Waals surface area contributed by atoms with E-state index in [2.05, 4.69) is 16.8 Å². The Morgan fingerprint density at radius 1 is 1.56 bits per heavy atom. The summed E-state index contributed by atoms with van der Waals surface area (Å²) in [6.07, 6.45) is 0. The van der Waals surface area contributed by atoms with E-state index in [1.807, 2.05) is 19.1 Å². The van der Waals surface area contributed by atoms with Crippen molar-refractivity contribution in [2.24, 2.45) is 0 Å². The van der Waals surface area contributed by atoms with Crippen molar-refractivity contribution in [3.05, 3.63) is 31.0 Å². The lowest BCUT2D eigenvalue weighted by molar-refractivity contribution is 0.452. The van der Waals surface area contributed by atoms with E-state index < -0.39 is 0 Å². The smallest absolute Gasteiger partial charge is 0.213 e.